The molecule has 0 N–H and O–H groups in total. The third-order valence-corrected chi connectivity index (χ3v) is 3.66. The summed E-state index contributed by atoms with van der Waals surface area (Å²) in [5, 5.41) is 0. The van der Waals surface area contributed by atoms with Crippen LogP contribution in [-0.2, 0) is 4.74 Å². The van der Waals surface area contributed by atoms with Gasteiger partial charge in [-0.1, -0.05) is 24.3 Å². The Kier molecular flexibility index (Phi) is 4.79. The second-order valence-corrected chi connectivity index (χ2v) is 6.78. The van der Waals surface area contributed by atoms with Crippen LogP contribution in [0.15, 0.2) is 30.8 Å². The van der Waals surface area contributed by atoms with Crippen LogP contribution < -0.4 is 4.90 Å². The van der Waals surface area contributed by atoms with Gasteiger partial charge in [0.1, 0.15) is 5.60 Å². The first-order valence-electron chi connectivity index (χ1n) is 7.75. The third-order valence-electron chi connectivity index (χ3n) is 3.66. The van der Waals surface area contributed by atoms with Gasteiger partial charge in [0.2, 0.25) is 0 Å². The quantitative estimate of drug-likeness (QED) is 0.833. The third kappa shape index (κ3) is 4.26. The second kappa shape index (κ2) is 6.42. The number of rotatable bonds is 2. The first-order valence-corrected chi connectivity index (χ1v) is 7.75. The summed E-state index contributed by atoms with van der Waals surface area (Å²) >= 11 is 0. The lowest BCUT2D eigenvalue weighted by molar-refractivity contribution is 0.0240. The Morgan fingerprint density at radius 2 is 1.64 bits per heavy atom. The molecule has 4 heteroatoms. The molecule has 0 saturated carbocycles. The molecule has 0 unspecified atom stereocenters. The fraction of sp³-hybridized carbons (Fsp3) is 0.500. The van der Waals surface area contributed by atoms with Crippen LogP contribution in [0.2, 0.25) is 0 Å². The van der Waals surface area contributed by atoms with Crippen LogP contribution in [0.5, 0.6) is 0 Å². The van der Waals surface area contributed by atoms with E-state index in [1.54, 1.807) is 4.90 Å². The van der Waals surface area contributed by atoms with Gasteiger partial charge in [0, 0.05) is 31.9 Å². The van der Waals surface area contributed by atoms with Gasteiger partial charge in [-0.05, 0) is 45.4 Å². The maximum atomic E-state index is 12.1. The van der Waals surface area contributed by atoms with Crippen molar-refractivity contribution in [3.05, 3.63) is 36.4 Å². The summed E-state index contributed by atoms with van der Waals surface area (Å²) in [6.45, 7) is 14.7. The van der Waals surface area contributed by atoms with E-state index in [9.17, 15) is 4.79 Å². The predicted molar refractivity (Wildman–Crippen MR) is 91.2 cm³/mol. The molecular weight excluding hydrogens is 276 g/mol. The Labute approximate surface area is 133 Å². The molecule has 1 heterocycles. The van der Waals surface area contributed by atoms with Gasteiger partial charge in [-0.3, -0.25) is 0 Å². The number of ether oxygens (including phenoxy) is 1. The highest BCUT2D eigenvalue weighted by Gasteiger charge is 2.25. The Hall–Kier alpha value is -1.97. The smallest absolute Gasteiger partial charge is 0.410 e. The number of anilines is 1. The molecule has 4 nitrogen and oxygen atoms in total. The van der Waals surface area contributed by atoms with E-state index in [2.05, 4.69) is 35.7 Å². The van der Waals surface area contributed by atoms with Gasteiger partial charge in [-0.25, -0.2) is 4.79 Å². The van der Waals surface area contributed by atoms with Crippen molar-refractivity contribution >= 4 is 17.4 Å². The van der Waals surface area contributed by atoms with E-state index in [-0.39, 0.29) is 6.09 Å². The minimum absolute atomic E-state index is 0.218. The minimum atomic E-state index is -0.438. The molecule has 1 aliphatic heterocycles. The van der Waals surface area contributed by atoms with Crippen molar-refractivity contribution in [2.24, 2.45) is 0 Å². The maximum absolute atomic E-state index is 12.1. The molecule has 1 aromatic rings. The SMILES string of the molecule is C=C(C)c1ccc(N2CCN(C(=O)OC(C)(C)C)CC2)cc1. The van der Waals surface area contributed by atoms with Gasteiger partial charge in [-0.15, -0.1) is 0 Å². The predicted octanol–water partition coefficient (Wildman–Crippen LogP) is 3.78. The van der Waals surface area contributed by atoms with Crippen LogP contribution in [0.4, 0.5) is 10.5 Å². The van der Waals surface area contributed by atoms with Gasteiger partial charge in [-0.2, -0.15) is 0 Å². The molecule has 1 aliphatic rings. The number of carbonyl (C=O) groups excluding carboxylic acids is 1. The monoisotopic (exact) mass is 302 g/mol. The number of carbonyl (C=O) groups is 1. The number of hydrogen-bond donors (Lipinski definition) is 0. The van der Waals surface area contributed by atoms with Gasteiger partial charge in [0.25, 0.3) is 0 Å². The fourth-order valence-electron chi connectivity index (χ4n) is 2.43. The molecule has 0 radical (unpaired) electrons. The average molecular weight is 302 g/mol. The molecule has 0 aromatic heterocycles. The van der Waals surface area contributed by atoms with Crippen LogP contribution in [0.25, 0.3) is 5.57 Å². The molecule has 1 fully saturated rings. The summed E-state index contributed by atoms with van der Waals surface area (Å²) in [5.41, 5.74) is 2.98. The van der Waals surface area contributed by atoms with Crippen LogP contribution in [0, 0.1) is 0 Å². The summed E-state index contributed by atoms with van der Waals surface area (Å²) in [5.74, 6) is 0. The maximum Gasteiger partial charge on any atom is 0.410 e. The molecule has 120 valence electrons. The van der Waals surface area contributed by atoms with Gasteiger partial charge in [0.05, 0.1) is 0 Å². The topological polar surface area (TPSA) is 32.8 Å². The summed E-state index contributed by atoms with van der Waals surface area (Å²) < 4.78 is 5.42. The number of hydrogen-bond acceptors (Lipinski definition) is 3. The summed E-state index contributed by atoms with van der Waals surface area (Å²) in [6.07, 6.45) is -0.218. The Bertz CT molecular complexity index is 535. The molecule has 0 atom stereocenters. The number of nitrogens with zero attached hydrogens (tertiary/aromatic N) is 2. The van der Waals surface area contributed by atoms with Crippen LogP contribution in [-0.4, -0.2) is 42.8 Å². The standard InChI is InChI=1S/C18H26N2O2/c1-14(2)15-6-8-16(9-7-15)19-10-12-20(13-11-19)17(21)22-18(3,4)5/h6-9H,1,10-13H2,2-5H3. The van der Waals surface area contributed by atoms with Crippen molar-refractivity contribution in [1.29, 1.82) is 0 Å². The number of piperazine rings is 1. The van der Waals surface area contributed by atoms with Crippen molar-refractivity contribution < 1.29 is 9.53 Å². The molecule has 2 rings (SSSR count). The first-order chi connectivity index (χ1) is 10.3. The molecule has 0 aliphatic carbocycles. The van der Waals surface area contributed by atoms with Gasteiger partial charge in [0.15, 0.2) is 0 Å². The van der Waals surface area contributed by atoms with E-state index in [4.69, 9.17) is 4.74 Å². The van der Waals surface area contributed by atoms with Crippen molar-refractivity contribution in [2.45, 2.75) is 33.3 Å². The van der Waals surface area contributed by atoms with Crippen molar-refractivity contribution in [3.63, 3.8) is 0 Å². The lowest BCUT2D eigenvalue weighted by atomic mass is 10.1. The molecule has 0 spiro atoms. The van der Waals surface area contributed by atoms with Crippen LogP contribution >= 0.6 is 0 Å². The number of allylic oxidation sites excluding steroid dienone is 1. The highest BCUT2D eigenvalue weighted by molar-refractivity contribution is 5.69. The van der Waals surface area contributed by atoms with Crippen molar-refractivity contribution in [1.82, 2.24) is 4.90 Å². The lowest BCUT2D eigenvalue weighted by Gasteiger charge is -2.36. The summed E-state index contributed by atoms with van der Waals surface area (Å²) in [4.78, 5) is 16.1. The molecular formula is C18H26N2O2. The second-order valence-electron chi connectivity index (χ2n) is 6.78. The average Bonchev–Trinajstić information content (AvgIpc) is 2.46. The van der Waals surface area contributed by atoms with E-state index in [0.29, 0.717) is 13.1 Å². The Morgan fingerprint density at radius 1 is 1.09 bits per heavy atom. The van der Waals surface area contributed by atoms with E-state index in [1.165, 1.54) is 5.69 Å². The zero-order valence-electron chi connectivity index (χ0n) is 14.1. The van der Waals surface area contributed by atoms with E-state index in [1.807, 2.05) is 27.7 Å². The van der Waals surface area contributed by atoms with Crippen molar-refractivity contribution in [2.75, 3.05) is 31.1 Å². The highest BCUT2D eigenvalue weighted by Crippen LogP contribution is 2.21. The Morgan fingerprint density at radius 3 is 2.09 bits per heavy atom. The molecule has 0 bridgehead atoms. The number of benzene rings is 1. The van der Waals surface area contributed by atoms with E-state index >= 15 is 0 Å². The molecule has 1 aromatic carbocycles. The van der Waals surface area contributed by atoms with E-state index < -0.39 is 5.60 Å². The van der Waals surface area contributed by atoms with E-state index in [0.717, 1.165) is 24.2 Å². The van der Waals surface area contributed by atoms with Crippen LogP contribution in [0.3, 0.4) is 0 Å². The van der Waals surface area contributed by atoms with Gasteiger partial charge < -0.3 is 14.5 Å². The summed E-state index contributed by atoms with van der Waals surface area (Å²) in [6, 6.07) is 8.43. The Balaban J connectivity index is 1.91. The molecule has 1 amide bonds. The molecule has 1 saturated heterocycles. The van der Waals surface area contributed by atoms with Crippen molar-refractivity contribution in [3.8, 4) is 0 Å². The first kappa shape index (κ1) is 16.4. The normalized spacial score (nSPS) is 15.6. The fourth-order valence-corrected chi connectivity index (χ4v) is 2.43. The minimum Gasteiger partial charge on any atom is -0.444 e. The zero-order chi connectivity index (χ0) is 16.3. The van der Waals surface area contributed by atoms with Crippen LogP contribution in [0.1, 0.15) is 33.3 Å². The summed E-state index contributed by atoms with van der Waals surface area (Å²) in [7, 11) is 0. The highest BCUT2D eigenvalue weighted by atomic mass is 16.6. The largest absolute Gasteiger partial charge is 0.444 e. The zero-order valence-corrected chi connectivity index (χ0v) is 14.1. The number of amides is 1. The van der Waals surface area contributed by atoms with Gasteiger partial charge >= 0.3 is 6.09 Å². The lowest BCUT2D eigenvalue weighted by Crippen LogP contribution is -2.50. The molecule has 22 heavy (non-hydrogen) atoms.